The number of sulfonamides is 1. The highest BCUT2D eigenvalue weighted by molar-refractivity contribution is 7.88. The van der Waals surface area contributed by atoms with Crippen molar-refractivity contribution in [3.63, 3.8) is 0 Å². The molecule has 1 heterocycles. The second-order valence-electron chi connectivity index (χ2n) is 5.42. The molecule has 7 heteroatoms. The topological polar surface area (TPSA) is 75.7 Å². The highest BCUT2D eigenvalue weighted by Crippen LogP contribution is 2.15. The number of carbonyl (C=O) groups is 1. The average molecular weight is 326 g/mol. The van der Waals surface area contributed by atoms with E-state index in [-0.39, 0.29) is 25.0 Å². The SMILES string of the molecule is CS(=O)(=O)N(CCC(=O)Nc1ccccc1)CC1CCCO1. The number of ether oxygens (including phenoxy) is 1. The number of amides is 1. The fraction of sp³-hybridized carbons (Fsp3) is 0.533. The highest BCUT2D eigenvalue weighted by atomic mass is 32.2. The predicted octanol–water partition coefficient (Wildman–Crippen LogP) is 1.46. The second kappa shape index (κ2) is 7.71. The van der Waals surface area contributed by atoms with Crippen LogP contribution in [0.25, 0.3) is 0 Å². The molecule has 1 saturated heterocycles. The van der Waals surface area contributed by atoms with E-state index in [1.54, 1.807) is 12.1 Å². The van der Waals surface area contributed by atoms with Gasteiger partial charge < -0.3 is 10.1 Å². The Kier molecular flexibility index (Phi) is 5.93. The first kappa shape index (κ1) is 16.9. The summed E-state index contributed by atoms with van der Waals surface area (Å²) < 4.78 is 30.5. The molecule has 0 aliphatic carbocycles. The number of rotatable bonds is 7. The van der Waals surface area contributed by atoms with Gasteiger partial charge >= 0.3 is 0 Å². The molecule has 0 bridgehead atoms. The van der Waals surface area contributed by atoms with Crippen LogP contribution in [0.3, 0.4) is 0 Å². The maximum atomic E-state index is 11.9. The van der Waals surface area contributed by atoms with Crippen LogP contribution in [0, 0.1) is 0 Å². The molecule has 0 saturated carbocycles. The molecule has 6 nitrogen and oxygen atoms in total. The number of anilines is 1. The molecule has 1 N–H and O–H groups in total. The van der Waals surface area contributed by atoms with Crippen molar-refractivity contribution in [3.8, 4) is 0 Å². The van der Waals surface area contributed by atoms with Crippen LogP contribution < -0.4 is 5.32 Å². The number of hydrogen-bond donors (Lipinski definition) is 1. The van der Waals surface area contributed by atoms with E-state index in [2.05, 4.69) is 5.32 Å². The van der Waals surface area contributed by atoms with Crippen molar-refractivity contribution in [1.82, 2.24) is 4.31 Å². The van der Waals surface area contributed by atoms with E-state index < -0.39 is 10.0 Å². The molecule has 1 fully saturated rings. The van der Waals surface area contributed by atoms with Crippen LogP contribution in [0.1, 0.15) is 19.3 Å². The summed E-state index contributed by atoms with van der Waals surface area (Å²) in [6.07, 6.45) is 3.04. The van der Waals surface area contributed by atoms with Gasteiger partial charge in [-0.25, -0.2) is 8.42 Å². The zero-order valence-corrected chi connectivity index (χ0v) is 13.5. The molecule has 22 heavy (non-hydrogen) atoms. The van der Waals surface area contributed by atoms with Crippen molar-refractivity contribution in [3.05, 3.63) is 30.3 Å². The molecule has 1 aliphatic rings. The van der Waals surface area contributed by atoms with Crippen LogP contribution in [0.15, 0.2) is 30.3 Å². The Labute approximate surface area is 131 Å². The van der Waals surface area contributed by atoms with Crippen LogP contribution in [0.2, 0.25) is 0 Å². The van der Waals surface area contributed by atoms with Crippen LogP contribution in [0.5, 0.6) is 0 Å². The van der Waals surface area contributed by atoms with Crippen molar-refractivity contribution in [2.24, 2.45) is 0 Å². The third-order valence-corrected chi connectivity index (χ3v) is 4.82. The van der Waals surface area contributed by atoms with Gasteiger partial charge in [-0.1, -0.05) is 18.2 Å². The van der Waals surface area contributed by atoms with E-state index in [0.29, 0.717) is 18.8 Å². The van der Waals surface area contributed by atoms with E-state index in [0.717, 1.165) is 19.1 Å². The summed E-state index contributed by atoms with van der Waals surface area (Å²) in [5.74, 6) is -0.202. The van der Waals surface area contributed by atoms with E-state index in [4.69, 9.17) is 4.74 Å². The van der Waals surface area contributed by atoms with Gasteiger partial charge in [0.2, 0.25) is 15.9 Å². The van der Waals surface area contributed by atoms with Gasteiger partial charge in [-0.15, -0.1) is 0 Å². The number of benzene rings is 1. The number of nitrogens with zero attached hydrogens (tertiary/aromatic N) is 1. The summed E-state index contributed by atoms with van der Waals surface area (Å²) in [4.78, 5) is 11.9. The van der Waals surface area contributed by atoms with Gasteiger partial charge in [-0.2, -0.15) is 4.31 Å². The molecule has 0 spiro atoms. The minimum absolute atomic E-state index is 0.0630. The summed E-state index contributed by atoms with van der Waals surface area (Å²) in [6.45, 7) is 1.16. The number of carbonyl (C=O) groups excluding carboxylic acids is 1. The minimum atomic E-state index is -3.35. The first-order valence-electron chi connectivity index (χ1n) is 7.37. The Morgan fingerprint density at radius 3 is 2.68 bits per heavy atom. The summed E-state index contributed by atoms with van der Waals surface area (Å²) in [5, 5.41) is 2.75. The lowest BCUT2D eigenvalue weighted by Crippen LogP contribution is -2.38. The zero-order chi connectivity index (χ0) is 16.0. The molecule has 1 aromatic carbocycles. The van der Waals surface area contributed by atoms with Gasteiger partial charge in [0.05, 0.1) is 12.4 Å². The van der Waals surface area contributed by atoms with Crippen molar-refractivity contribution < 1.29 is 17.9 Å². The van der Waals surface area contributed by atoms with Crippen molar-refractivity contribution >= 4 is 21.6 Å². The van der Waals surface area contributed by atoms with Gasteiger partial charge in [-0.3, -0.25) is 4.79 Å². The lowest BCUT2D eigenvalue weighted by molar-refractivity contribution is -0.116. The van der Waals surface area contributed by atoms with E-state index in [1.807, 2.05) is 18.2 Å². The third kappa shape index (κ3) is 5.40. The molecule has 0 aromatic heterocycles. The first-order chi connectivity index (χ1) is 10.4. The summed E-state index contributed by atoms with van der Waals surface area (Å²) in [7, 11) is -3.35. The number of para-hydroxylation sites is 1. The fourth-order valence-electron chi connectivity index (χ4n) is 2.38. The summed E-state index contributed by atoms with van der Waals surface area (Å²) >= 11 is 0. The Hall–Kier alpha value is -1.44. The second-order valence-corrected chi connectivity index (χ2v) is 7.40. The smallest absolute Gasteiger partial charge is 0.225 e. The maximum absolute atomic E-state index is 11.9. The predicted molar refractivity (Wildman–Crippen MR) is 85.1 cm³/mol. The number of hydrogen-bond acceptors (Lipinski definition) is 4. The molecular weight excluding hydrogens is 304 g/mol. The normalized spacial score (nSPS) is 18.5. The van der Waals surface area contributed by atoms with Crippen molar-refractivity contribution in [2.75, 3.05) is 31.3 Å². The largest absolute Gasteiger partial charge is 0.377 e. The van der Waals surface area contributed by atoms with Crippen molar-refractivity contribution in [2.45, 2.75) is 25.4 Å². The van der Waals surface area contributed by atoms with Crippen LogP contribution in [-0.2, 0) is 19.6 Å². The standard InChI is InChI=1S/C15H22N2O4S/c1-22(19,20)17(12-14-8-5-11-21-14)10-9-15(18)16-13-6-3-2-4-7-13/h2-4,6-7,14H,5,8-12H2,1H3,(H,16,18). The molecule has 1 atom stereocenters. The Bertz CT molecular complexity index is 583. The lowest BCUT2D eigenvalue weighted by atomic mass is 10.2. The van der Waals surface area contributed by atoms with Gasteiger partial charge in [0, 0.05) is 31.8 Å². The molecule has 0 radical (unpaired) electrons. The summed E-state index contributed by atoms with van der Waals surface area (Å²) in [5.41, 5.74) is 0.706. The molecule has 1 aromatic rings. The number of nitrogens with one attached hydrogen (secondary N) is 1. The first-order valence-corrected chi connectivity index (χ1v) is 9.21. The lowest BCUT2D eigenvalue weighted by Gasteiger charge is -2.22. The third-order valence-electron chi connectivity index (χ3n) is 3.55. The molecule has 1 aliphatic heterocycles. The van der Waals surface area contributed by atoms with Crippen LogP contribution in [-0.4, -0.2) is 50.7 Å². The highest BCUT2D eigenvalue weighted by Gasteiger charge is 2.25. The van der Waals surface area contributed by atoms with E-state index in [9.17, 15) is 13.2 Å². The van der Waals surface area contributed by atoms with Crippen molar-refractivity contribution in [1.29, 1.82) is 0 Å². The van der Waals surface area contributed by atoms with E-state index >= 15 is 0 Å². The fourth-order valence-corrected chi connectivity index (χ4v) is 3.24. The van der Waals surface area contributed by atoms with Gasteiger partial charge in [0.25, 0.3) is 0 Å². The zero-order valence-electron chi connectivity index (χ0n) is 12.7. The Balaban J connectivity index is 1.86. The van der Waals surface area contributed by atoms with Gasteiger partial charge in [0.15, 0.2) is 0 Å². The Morgan fingerprint density at radius 2 is 2.09 bits per heavy atom. The molecule has 1 amide bonds. The molecule has 122 valence electrons. The van der Waals surface area contributed by atoms with Gasteiger partial charge in [-0.05, 0) is 25.0 Å². The van der Waals surface area contributed by atoms with E-state index in [1.165, 1.54) is 4.31 Å². The minimum Gasteiger partial charge on any atom is -0.377 e. The summed E-state index contributed by atoms with van der Waals surface area (Å²) in [6, 6.07) is 9.10. The molecular formula is C15H22N2O4S. The van der Waals surface area contributed by atoms with Crippen LogP contribution in [0.4, 0.5) is 5.69 Å². The average Bonchev–Trinajstić information content (AvgIpc) is 2.96. The Morgan fingerprint density at radius 1 is 1.36 bits per heavy atom. The molecule has 2 rings (SSSR count). The maximum Gasteiger partial charge on any atom is 0.225 e. The quantitative estimate of drug-likeness (QED) is 0.823. The van der Waals surface area contributed by atoms with Crippen LogP contribution >= 0.6 is 0 Å². The van der Waals surface area contributed by atoms with Gasteiger partial charge in [0.1, 0.15) is 0 Å². The molecule has 1 unspecified atom stereocenters. The monoisotopic (exact) mass is 326 g/mol.